The highest BCUT2D eigenvalue weighted by Gasteiger charge is 2.14. The van der Waals surface area contributed by atoms with E-state index in [1.54, 1.807) is 12.1 Å². The number of nitrogens with one attached hydrogen (secondary N) is 1. The number of ether oxygens (including phenoxy) is 1. The molecule has 4 nitrogen and oxygen atoms in total. The second-order valence-electron chi connectivity index (χ2n) is 3.80. The van der Waals surface area contributed by atoms with E-state index in [4.69, 9.17) is 4.74 Å². The van der Waals surface area contributed by atoms with E-state index in [2.05, 4.69) is 21.2 Å². The molecule has 0 radical (unpaired) electrons. The van der Waals surface area contributed by atoms with E-state index >= 15 is 0 Å². The van der Waals surface area contributed by atoms with E-state index < -0.39 is 5.97 Å². The summed E-state index contributed by atoms with van der Waals surface area (Å²) in [6.45, 7) is 1.93. The summed E-state index contributed by atoms with van der Waals surface area (Å²) in [5.41, 5.74) is 1.85. The molecule has 0 aromatic heterocycles. The number of carbonyl (C=O) groups is 2. The van der Waals surface area contributed by atoms with Crippen molar-refractivity contribution in [1.29, 1.82) is 0 Å². The summed E-state index contributed by atoms with van der Waals surface area (Å²) in [6.07, 6.45) is 1.19. The lowest BCUT2D eigenvalue weighted by molar-refractivity contribution is -0.116. The van der Waals surface area contributed by atoms with Crippen molar-refractivity contribution in [1.82, 2.24) is 0 Å². The van der Waals surface area contributed by atoms with E-state index in [0.717, 1.165) is 12.0 Å². The molecule has 0 fully saturated rings. The molecule has 0 aliphatic heterocycles. The van der Waals surface area contributed by atoms with Gasteiger partial charge in [-0.3, -0.25) is 4.79 Å². The number of alkyl halides is 1. The van der Waals surface area contributed by atoms with Crippen molar-refractivity contribution in [3.8, 4) is 0 Å². The van der Waals surface area contributed by atoms with Crippen molar-refractivity contribution in [2.24, 2.45) is 0 Å². The Morgan fingerprint density at radius 3 is 2.67 bits per heavy atom. The number of carbonyl (C=O) groups excluding carboxylic acids is 2. The first-order chi connectivity index (χ1) is 8.62. The van der Waals surface area contributed by atoms with Crippen LogP contribution in [-0.4, -0.2) is 19.0 Å². The third-order valence-corrected chi connectivity index (χ3v) is 3.04. The molecule has 0 spiro atoms. The van der Waals surface area contributed by atoms with E-state index in [-0.39, 0.29) is 5.91 Å². The fourth-order valence-corrected chi connectivity index (χ4v) is 1.85. The Balaban J connectivity index is 3.03. The first-order valence-electron chi connectivity index (χ1n) is 5.69. The Kier molecular flexibility index (Phi) is 5.85. The standard InChI is InChI=1S/C13H16BrNO3/c1-3-4-12(16)15-11-7-9(8-14)5-6-10(11)13(17)18-2/h5-7H,3-4,8H2,1-2H3,(H,15,16). The van der Waals surface area contributed by atoms with Crippen LogP contribution in [0.4, 0.5) is 5.69 Å². The number of anilines is 1. The molecule has 0 saturated carbocycles. The molecular weight excluding hydrogens is 298 g/mol. The summed E-state index contributed by atoms with van der Waals surface area (Å²) in [5, 5.41) is 3.40. The van der Waals surface area contributed by atoms with Gasteiger partial charge in [-0.25, -0.2) is 4.79 Å². The first-order valence-corrected chi connectivity index (χ1v) is 6.81. The van der Waals surface area contributed by atoms with Crippen LogP contribution in [-0.2, 0) is 14.9 Å². The smallest absolute Gasteiger partial charge is 0.339 e. The first kappa shape index (κ1) is 14.7. The zero-order valence-corrected chi connectivity index (χ0v) is 12.0. The normalized spacial score (nSPS) is 9.94. The summed E-state index contributed by atoms with van der Waals surface area (Å²) >= 11 is 3.34. The second-order valence-corrected chi connectivity index (χ2v) is 4.36. The van der Waals surface area contributed by atoms with Crippen molar-refractivity contribution in [2.75, 3.05) is 12.4 Å². The third-order valence-electron chi connectivity index (χ3n) is 2.39. The minimum absolute atomic E-state index is 0.102. The quantitative estimate of drug-likeness (QED) is 0.671. The fourth-order valence-electron chi connectivity index (χ4n) is 1.51. The van der Waals surface area contributed by atoms with E-state index in [0.29, 0.717) is 23.0 Å². The van der Waals surface area contributed by atoms with Crippen LogP contribution in [0.2, 0.25) is 0 Å². The van der Waals surface area contributed by atoms with Gasteiger partial charge in [-0.1, -0.05) is 28.9 Å². The molecule has 1 N–H and O–H groups in total. The molecule has 1 aromatic rings. The SMILES string of the molecule is CCCC(=O)Nc1cc(CBr)ccc1C(=O)OC. The minimum atomic E-state index is -0.456. The van der Waals surface area contributed by atoms with Gasteiger partial charge in [-0.15, -0.1) is 0 Å². The molecule has 18 heavy (non-hydrogen) atoms. The lowest BCUT2D eigenvalue weighted by Gasteiger charge is -2.10. The molecule has 0 saturated heterocycles. The van der Waals surface area contributed by atoms with Crippen LogP contribution < -0.4 is 5.32 Å². The largest absolute Gasteiger partial charge is 0.465 e. The van der Waals surface area contributed by atoms with Gasteiger partial charge in [0, 0.05) is 11.8 Å². The number of hydrogen-bond donors (Lipinski definition) is 1. The number of esters is 1. The van der Waals surface area contributed by atoms with Crippen LogP contribution in [0, 0.1) is 0 Å². The van der Waals surface area contributed by atoms with Gasteiger partial charge >= 0.3 is 5.97 Å². The molecule has 5 heteroatoms. The van der Waals surface area contributed by atoms with Gasteiger partial charge in [0.2, 0.25) is 5.91 Å². The van der Waals surface area contributed by atoms with Crippen LogP contribution in [0.25, 0.3) is 0 Å². The van der Waals surface area contributed by atoms with Crippen LogP contribution in [0.3, 0.4) is 0 Å². The highest BCUT2D eigenvalue weighted by Crippen LogP contribution is 2.20. The van der Waals surface area contributed by atoms with Crippen LogP contribution >= 0.6 is 15.9 Å². The zero-order chi connectivity index (χ0) is 13.5. The molecule has 1 rings (SSSR count). The van der Waals surface area contributed by atoms with Gasteiger partial charge in [0.05, 0.1) is 18.4 Å². The third kappa shape index (κ3) is 3.84. The molecule has 1 aromatic carbocycles. The summed E-state index contributed by atoms with van der Waals surface area (Å²) in [4.78, 5) is 23.2. The Morgan fingerprint density at radius 2 is 2.11 bits per heavy atom. The number of halogens is 1. The second kappa shape index (κ2) is 7.16. The van der Waals surface area contributed by atoms with Gasteiger partial charge in [0.25, 0.3) is 0 Å². The highest BCUT2D eigenvalue weighted by molar-refractivity contribution is 9.08. The zero-order valence-electron chi connectivity index (χ0n) is 10.5. The van der Waals surface area contributed by atoms with Crippen molar-refractivity contribution in [2.45, 2.75) is 25.1 Å². The van der Waals surface area contributed by atoms with Crippen molar-refractivity contribution in [3.63, 3.8) is 0 Å². The predicted molar refractivity (Wildman–Crippen MR) is 74.0 cm³/mol. The number of amides is 1. The minimum Gasteiger partial charge on any atom is -0.465 e. The number of benzene rings is 1. The molecule has 0 aliphatic carbocycles. The fraction of sp³-hybridized carbons (Fsp3) is 0.385. The van der Waals surface area contributed by atoms with Crippen LogP contribution in [0.1, 0.15) is 35.7 Å². The predicted octanol–water partition coefficient (Wildman–Crippen LogP) is 3.11. The maximum atomic E-state index is 11.6. The molecule has 0 atom stereocenters. The Labute approximate surface area is 115 Å². The Hall–Kier alpha value is -1.36. The summed E-state index contributed by atoms with van der Waals surface area (Å²) in [7, 11) is 1.32. The summed E-state index contributed by atoms with van der Waals surface area (Å²) in [6, 6.07) is 5.25. The summed E-state index contributed by atoms with van der Waals surface area (Å²) in [5.74, 6) is -0.558. The average Bonchev–Trinajstić information content (AvgIpc) is 2.38. The van der Waals surface area contributed by atoms with Crippen LogP contribution in [0.5, 0.6) is 0 Å². The highest BCUT2D eigenvalue weighted by atomic mass is 79.9. The molecule has 0 heterocycles. The Bertz CT molecular complexity index is 446. The Morgan fingerprint density at radius 1 is 1.39 bits per heavy atom. The molecular formula is C13H16BrNO3. The van der Waals surface area contributed by atoms with Crippen LogP contribution in [0.15, 0.2) is 18.2 Å². The van der Waals surface area contributed by atoms with Gasteiger partial charge in [-0.05, 0) is 24.1 Å². The number of hydrogen-bond acceptors (Lipinski definition) is 3. The van der Waals surface area contributed by atoms with Gasteiger partial charge in [0.15, 0.2) is 0 Å². The molecule has 0 unspecified atom stereocenters. The monoisotopic (exact) mass is 313 g/mol. The van der Waals surface area contributed by atoms with Gasteiger partial charge in [-0.2, -0.15) is 0 Å². The van der Waals surface area contributed by atoms with Crippen molar-refractivity contribution < 1.29 is 14.3 Å². The number of methoxy groups -OCH3 is 1. The van der Waals surface area contributed by atoms with Crippen molar-refractivity contribution >= 4 is 33.5 Å². The molecule has 1 amide bonds. The molecule has 0 bridgehead atoms. The van der Waals surface area contributed by atoms with Crippen molar-refractivity contribution in [3.05, 3.63) is 29.3 Å². The van der Waals surface area contributed by atoms with E-state index in [1.165, 1.54) is 7.11 Å². The lowest BCUT2D eigenvalue weighted by atomic mass is 10.1. The number of rotatable bonds is 5. The van der Waals surface area contributed by atoms with Gasteiger partial charge in [0.1, 0.15) is 0 Å². The molecule has 0 aliphatic rings. The maximum Gasteiger partial charge on any atom is 0.339 e. The maximum absolute atomic E-state index is 11.6. The van der Waals surface area contributed by atoms with E-state index in [9.17, 15) is 9.59 Å². The average molecular weight is 314 g/mol. The van der Waals surface area contributed by atoms with Gasteiger partial charge < -0.3 is 10.1 Å². The topological polar surface area (TPSA) is 55.4 Å². The molecule has 98 valence electrons. The summed E-state index contributed by atoms with van der Waals surface area (Å²) < 4.78 is 4.69. The lowest BCUT2D eigenvalue weighted by Crippen LogP contribution is -2.15. The van der Waals surface area contributed by atoms with E-state index in [1.807, 2.05) is 13.0 Å².